The van der Waals surface area contributed by atoms with Gasteiger partial charge in [-0.3, -0.25) is 19.3 Å². The minimum absolute atomic E-state index is 0.0428. The van der Waals surface area contributed by atoms with Gasteiger partial charge in [0, 0.05) is 36.8 Å². The highest BCUT2D eigenvalue weighted by molar-refractivity contribution is 6.30. The smallest absolute Gasteiger partial charge is 0.251 e. The molecule has 0 bridgehead atoms. The quantitative estimate of drug-likeness (QED) is 0.677. The lowest BCUT2D eigenvalue weighted by atomic mass is 10.00. The van der Waals surface area contributed by atoms with Crippen molar-refractivity contribution in [1.29, 1.82) is 0 Å². The van der Waals surface area contributed by atoms with Gasteiger partial charge in [-0.1, -0.05) is 11.6 Å². The Morgan fingerprint density at radius 1 is 1.03 bits per heavy atom. The average Bonchev–Trinajstić information content (AvgIpc) is 3.05. The summed E-state index contributed by atoms with van der Waals surface area (Å²) in [6.07, 6.45) is 1.46. The summed E-state index contributed by atoms with van der Waals surface area (Å²) in [6, 6.07) is 12.0. The first-order chi connectivity index (χ1) is 14.8. The molecule has 4 rings (SSSR count). The zero-order valence-corrected chi connectivity index (χ0v) is 17.9. The Morgan fingerprint density at radius 2 is 1.65 bits per heavy atom. The van der Waals surface area contributed by atoms with Crippen molar-refractivity contribution in [1.82, 2.24) is 4.90 Å². The molecule has 2 aromatic carbocycles. The number of benzene rings is 2. The number of rotatable bonds is 4. The van der Waals surface area contributed by atoms with Crippen molar-refractivity contribution >= 4 is 40.7 Å². The van der Waals surface area contributed by atoms with Crippen LogP contribution in [0.2, 0.25) is 5.02 Å². The van der Waals surface area contributed by atoms with Gasteiger partial charge in [0.2, 0.25) is 11.8 Å². The lowest BCUT2D eigenvalue weighted by Crippen LogP contribution is -2.51. The number of nitrogens with zero attached hydrogens (tertiary/aromatic N) is 3. The number of likely N-dealkylation sites (tertiary alicyclic amines) is 1. The maximum Gasteiger partial charge on any atom is 0.251 e. The highest BCUT2D eigenvalue weighted by Crippen LogP contribution is 2.30. The van der Waals surface area contributed by atoms with E-state index >= 15 is 0 Å². The second-order valence-electron chi connectivity index (χ2n) is 7.90. The van der Waals surface area contributed by atoms with Gasteiger partial charge in [-0.25, -0.2) is 9.29 Å². The van der Waals surface area contributed by atoms with Crippen LogP contribution in [-0.4, -0.2) is 47.8 Å². The SMILES string of the molecule is CC(=O)N(c1ccc(F)cc1)C1CCN([C@H]2CC(=O)N(c3ccc(Cl)cc3)C2=O)CC1. The van der Waals surface area contributed by atoms with Gasteiger partial charge in [-0.05, 0) is 61.4 Å². The van der Waals surface area contributed by atoms with Gasteiger partial charge in [0.15, 0.2) is 0 Å². The van der Waals surface area contributed by atoms with Crippen molar-refractivity contribution in [3.05, 3.63) is 59.4 Å². The third-order valence-electron chi connectivity index (χ3n) is 5.96. The molecule has 1 atom stereocenters. The van der Waals surface area contributed by atoms with Crippen LogP contribution in [0.4, 0.5) is 15.8 Å². The number of piperidine rings is 1. The first-order valence-corrected chi connectivity index (χ1v) is 10.6. The molecule has 2 aliphatic heterocycles. The standard InChI is InChI=1S/C23H23ClFN3O3/c1-15(29)27(18-8-4-17(25)5-9-18)20-10-12-26(13-11-20)21-14-22(30)28(23(21)31)19-6-2-16(24)3-7-19/h2-9,20-21H,10-14H2,1H3/t21-/m0/s1. The highest BCUT2D eigenvalue weighted by Gasteiger charge is 2.44. The molecule has 2 fully saturated rings. The largest absolute Gasteiger partial charge is 0.310 e. The van der Waals surface area contributed by atoms with E-state index in [1.165, 1.54) is 24.0 Å². The summed E-state index contributed by atoms with van der Waals surface area (Å²) in [5.41, 5.74) is 1.18. The first kappa shape index (κ1) is 21.5. The molecular weight excluding hydrogens is 421 g/mol. The lowest BCUT2D eigenvalue weighted by molar-refractivity contribution is -0.123. The van der Waals surface area contributed by atoms with Gasteiger partial charge in [0.25, 0.3) is 5.91 Å². The third-order valence-corrected chi connectivity index (χ3v) is 6.21. The lowest BCUT2D eigenvalue weighted by Gasteiger charge is -2.39. The molecule has 0 unspecified atom stereocenters. The fourth-order valence-electron chi connectivity index (χ4n) is 4.47. The normalized spacial score (nSPS) is 20.4. The fourth-order valence-corrected chi connectivity index (χ4v) is 4.60. The molecule has 8 heteroatoms. The molecule has 2 saturated heterocycles. The second-order valence-corrected chi connectivity index (χ2v) is 8.33. The topological polar surface area (TPSA) is 60.9 Å². The molecule has 0 aromatic heterocycles. The summed E-state index contributed by atoms with van der Waals surface area (Å²) in [6.45, 7) is 2.68. The molecule has 0 radical (unpaired) electrons. The predicted octanol–water partition coefficient (Wildman–Crippen LogP) is 3.63. The van der Waals surface area contributed by atoms with Crippen molar-refractivity contribution in [3.63, 3.8) is 0 Å². The number of carbonyl (C=O) groups excluding carboxylic acids is 3. The number of amides is 3. The number of carbonyl (C=O) groups is 3. The predicted molar refractivity (Wildman–Crippen MR) is 117 cm³/mol. The Kier molecular flexibility index (Phi) is 6.07. The van der Waals surface area contributed by atoms with Crippen LogP contribution in [0.5, 0.6) is 0 Å². The Labute approximate surface area is 185 Å². The fraction of sp³-hybridized carbons (Fsp3) is 0.348. The van der Waals surface area contributed by atoms with Crippen LogP contribution in [-0.2, 0) is 14.4 Å². The van der Waals surface area contributed by atoms with Gasteiger partial charge in [-0.15, -0.1) is 0 Å². The number of halogens is 2. The van der Waals surface area contributed by atoms with Crippen LogP contribution in [0.3, 0.4) is 0 Å². The Hall–Kier alpha value is -2.77. The van der Waals surface area contributed by atoms with E-state index in [1.807, 2.05) is 4.90 Å². The summed E-state index contributed by atoms with van der Waals surface area (Å²) in [7, 11) is 0. The summed E-state index contributed by atoms with van der Waals surface area (Å²) < 4.78 is 13.3. The molecule has 6 nitrogen and oxygen atoms in total. The molecule has 162 valence electrons. The number of anilines is 2. The van der Waals surface area contributed by atoms with Gasteiger partial charge in [0.1, 0.15) is 5.82 Å². The minimum Gasteiger partial charge on any atom is -0.310 e. The zero-order chi connectivity index (χ0) is 22.1. The highest BCUT2D eigenvalue weighted by atomic mass is 35.5. The van der Waals surface area contributed by atoms with E-state index in [4.69, 9.17) is 11.6 Å². The molecule has 0 saturated carbocycles. The molecule has 3 amide bonds. The minimum atomic E-state index is -0.499. The van der Waals surface area contributed by atoms with Gasteiger partial charge >= 0.3 is 0 Å². The summed E-state index contributed by atoms with van der Waals surface area (Å²) >= 11 is 5.91. The Balaban J connectivity index is 1.44. The van der Waals surface area contributed by atoms with Crippen LogP contribution in [0.1, 0.15) is 26.2 Å². The van der Waals surface area contributed by atoms with Crippen LogP contribution in [0.15, 0.2) is 48.5 Å². The Bertz CT molecular complexity index is 988. The molecule has 2 heterocycles. The van der Waals surface area contributed by atoms with E-state index in [0.29, 0.717) is 42.3 Å². The Morgan fingerprint density at radius 3 is 2.23 bits per heavy atom. The van der Waals surface area contributed by atoms with Crippen molar-refractivity contribution in [2.24, 2.45) is 0 Å². The molecule has 0 aliphatic carbocycles. The molecule has 2 aliphatic rings. The van der Waals surface area contributed by atoms with Crippen molar-refractivity contribution in [3.8, 4) is 0 Å². The zero-order valence-electron chi connectivity index (χ0n) is 17.1. The van der Waals surface area contributed by atoms with Crippen LogP contribution < -0.4 is 9.80 Å². The average molecular weight is 444 g/mol. The molecule has 0 N–H and O–H groups in total. The van der Waals surface area contributed by atoms with E-state index in [2.05, 4.69) is 0 Å². The van der Waals surface area contributed by atoms with Crippen LogP contribution in [0.25, 0.3) is 0 Å². The van der Waals surface area contributed by atoms with Crippen LogP contribution >= 0.6 is 11.6 Å². The van der Waals surface area contributed by atoms with Crippen LogP contribution in [0, 0.1) is 5.82 Å². The van der Waals surface area contributed by atoms with Gasteiger partial charge < -0.3 is 4.90 Å². The van der Waals surface area contributed by atoms with Gasteiger partial charge in [-0.2, -0.15) is 0 Å². The van der Waals surface area contributed by atoms with E-state index in [-0.39, 0.29) is 36.0 Å². The number of hydrogen-bond donors (Lipinski definition) is 0. The maximum absolute atomic E-state index is 13.3. The maximum atomic E-state index is 13.3. The monoisotopic (exact) mass is 443 g/mol. The van der Waals surface area contributed by atoms with Gasteiger partial charge in [0.05, 0.1) is 18.2 Å². The summed E-state index contributed by atoms with van der Waals surface area (Å²) in [5, 5.41) is 0.539. The van der Waals surface area contributed by atoms with Crippen molar-refractivity contribution < 1.29 is 18.8 Å². The summed E-state index contributed by atoms with van der Waals surface area (Å²) in [4.78, 5) is 42.8. The van der Waals surface area contributed by atoms with E-state index in [0.717, 1.165) is 0 Å². The summed E-state index contributed by atoms with van der Waals surface area (Å²) in [5.74, 6) is -0.910. The molecule has 0 spiro atoms. The molecular formula is C23H23ClFN3O3. The third kappa shape index (κ3) is 4.34. The number of imide groups is 1. The number of hydrogen-bond acceptors (Lipinski definition) is 4. The molecule has 31 heavy (non-hydrogen) atoms. The van der Waals surface area contributed by atoms with Crippen molar-refractivity contribution in [2.45, 2.75) is 38.3 Å². The van der Waals surface area contributed by atoms with E-state index in [1.54, 1.807) is 41.3 Å². The molecule has 2 aromatic rings. The van der Waals surface area contributed by atoms with E-state index < -0.39 is 6.04 Å². The second kappa shape index (κ2) is 8.77. The first-order valence-electron chi connectivity index (χ1n) is 10.3. The van der Waals surface area contributed by atoms with Crippen molar-refractivity contribution in [2.75, 3.05) is 22.9 Å². The van der Waals surface area contributed by atoms with E-state index in [9.17, 15) is 18.8 Å².